The molecule has 38 heavy (non-hydrogen) atoms. The van der Waals surface area contributed by atoms with Crippen molar-refractivity contribution >= 4 is 17.5 Å². The maximum Gasteiger partial charge on any atom is 0.353 e. The molecule has 0 saturated carbocycles. The second kappa shape index (κ2) is 7.79. The van der Waals surface area contributed by atoms with Gasteiger partial charge in [-0.15, -0.1) is 0 Å². The Balaban J connectivity index is 1.58. The fourth-order valence-electron chi connectivity index (χ4n) is 5.69. The van der Waals surface area contributed by atoms with Gasteiger partial charge in [0.1, 0.15) is 0 Å². The van der Waals surface area contributed by atoms with Crippen LogP contribution in [0.4, 0.5) is 0 Å². The molecule has 3 aliphatic rings. The fourth-order valence-corrected chi connectivity index (χ4v) is 5.69. The van der Waals surface area contributed by atoms with Gasteiger partial charge in [-0.05, 0) is 0 Å². The van der Waals surface area contributed by atoms with Crippen LogP contribution in [0.25, 0.3) is 0 Å². The highest BCUT2D eigenvalue weighted by Crippen LogP contribution is 2.71. The van der Waals surface area contributed by atoms with Crippen LogP contribution in [-0.4, -0.2) is 28.7 Å². The molecular weight excluding hydrogens is 484 g/mol. The van der Waals surface area contributed by atoms with Gasteiger partial charge in [0.15, 0.2) is 0 Å². The van der Waals surface area contributed by atoms with Gasteiger partial charge in [0.05, 0.1) is 0 Å². The topological polar surface area (TPSA) is 88.1 Å². The molecule has 7 heteroatoms. The first-order valence-electron chi connectivity index (χ1n) is 12.1. The van der Waals surface area contributed by atoms with Gasteiger partial charge in [-0.1, -0.05) is 121 Å². The van der Waals surface area contributed by atoms with Crippen molar-refractivity contribution < 1.29 is 33.3 Å². The summed E-state index contributed by atoms with van der Waals surface area (Å²) in [6.45, 7) is 0. The first kappa shape index (κ1) is 22.7. The molecule has 3 saturated heterocycles. The Labute approximate surface area is 217 Å². The molecule has 4 aromatic rings. The summed E-state index contributed by atoms with van der Waals surface area (Å²) in [5.74, 6) is -6.69. The summed E-state index contributed by atoms with van der Waals surface area (Å²) in [7, 11) is 0. The zero-order valence-electron chi connectivity index (χ0n) is 19.9. The van der Waals surface area contributed by atoms with E-state index in [1.165, 1.54) is 0 Å². The zero-order valence-corrected chi connectivity index (χ0v) is 19.9. The number of rotatable bonds is 6. The first-order valence-corrected chi connectivity index (χ1v) is 12.1. The Bertz CT molecular complexity index is 1570. The molecule has 186 valence electrons. The van der Waals surface area contributed by atoms with E-state index in [1.807, 2.05) is 0 Å². The van der Waals surface area contributed by atoms with E-state index in [4.69, 9.17) is 18.9 Å². The van der Waals surface area contributed by atoms with E-state index in [0.717, 1.165) is 0 Å². The third-order valence-electron chi connectivity index (χ3n) is 7.33. The number of hydrogen-bond donors (Lipinski definition) is 0. The maximum atomic E-state index is 14.7. The van der Waals surface area contributed by atoms with Gasteiger partial charge >= 0.3 is 11.9 Å². The second-order valence-corrected chi connectivity index (χ2v) is 9.35. The Morgan fingerprint density at radius 2 is 1.00 bits per heavy atom. The molecular formula is C31H20O7. The minimum Gasteiger partial charge on any atom is -0.422 e. The third-order valence-corrected chi connectivity index (χ3v) is 7.33. The van der Waals surface area contributed by atoms with Crippen molar-refractivity contribution in [1.82, 2.24) is 0 Å². The number of ether oxygens (including phenoxy) is 4. The molecule has 4 atom stereocenters. The number of carbonyl (C=O) groups excluding carboxylic acids is 3. The number of benzene rings is 4. The van der Waals surface area contributed by atoms with Crippen LogP contribution in [0.5, 0.6) is 0 Å². The molecule has 0 amide bonds. The molecule has 0 aliphatic carbocycles. The highest BCUT2D eigenvalue weighted by Gasteiger charge is 2.97. The largest absolute Gasteiger partial charge is 0.422 e. The number of esters is 1. The highest BCUT2D eigenvalue weighted by molar-refractivity contribution is 6.25. The summed E-state index contributed by atoms with van der Waals surface area (Å²) < 4.78 is 25.4. The summed E-state index contributed by atoms with van der Waals surface area (Å²) in [5, 5.41) is 0. The minimum atomic E-state index is -2.49. The van der Waals surface area contributed by atoms with Crippen molar-refractivity contribution in [2.75, 3.05) is 0 Å². The van der Waals surface area contributed by atoms with Crippen molar-refractivity contribution in [3.63, 3.8) is 0 Å². The number of Topliss-reactive ketones (excluding diaryl/α,β-unsaturated/α-hetero) is 2. The minimum absolute atomic E-state index is 0.160. The monoisotopic (exact) mass is 504 g/mol. The molecule has 7 nitrogen and oxygen atoms in total. The lowest BCUT2D eigenvalue weighted by atomic mass is 9.69. The van der Waals surface area contributed by atoms with Crippen LogP contribution < -0.4 is 0 Å². The molecule has 3 aliphatic heterocycles. The van der Waals surface area contributed by atoms with E-state index >= 15 is 0 Å². The van der Waals surface area contributed by atoms with Crippen LogP contribution in [0, 0.1) is 0 Å². The van der Waals surface area contributed by atoms with Gasteiger partial charge < -0.3 is 4.74 Å². The lowest BCUT2D eigenvalue weighted by Crippen LogP contribution is -2.68. The number of hydrogen-bond acceptors (Lipinski definition) is 7. The lowest BCUT2D eigenvalue weighted by Gasteiger charge is -2.40. The average molecular weight is 504 g/mol. The normalized spacial score (nSPS) is 30.7. The van der Waals surface area contributed by atoms with E-state index < -0.39 is 40.5 Å². The third kappa shape index (κ3) is 2.60. The molecule has 0 spiro atoms. The van der Waals surface area contributed by atoms with Crippen LogP contribution in [0.15, 0.2) is 121 Å². The van der Waals surface area contributed by atoms with Gasteiger partial charge in [0.25, 0.3) is 17.0 Å². The van der Waals surface area contributed by atoms with Crippen molar-refractivity contribution in [3.05, 3.63) is 144 Å². The molecule has 7 rings (SSSR count). The predicted molar refractivity (Wildman–Crippen MR) is 133 cm³/mol. The zero-order chi connectivity index (χ0) is 26.0. The molecule has 2 bridgehead atoms. The van der Waals surface area contributed by atoms with Crippen molar-refractivity contribution in [1.29, 1.82) is 0 Å². The molecule has 0 radical (unpaired) electrons. The van der Waals surface area contributed by atoms with Crippen molar-refractivity contribution in [2.24, 2.45) is 0 Å². The maximum absolute atomic E-state index is 14.7. The second-order valence-electron chi connectivity index (χ2n) is 9.35. The summed E-state index contributed by atoms with van der Waals surface area (Å²) >= 11 is 0. The number of ketones is 2. The van der Waals surface area contributed by atoms with Crippen LogP contribution in [0.3, 0.4) is 0 Å². The van der Waals surface area contributed by atoms with Gasteiger partial charge in [-0.2, -0.15) is 0 Å². The Hall–Kier alpha value is -4.43. The van der Waals surface area contributed by atoms with E-state index in [0.29, 0.717) is 11.1 Å². The first-order chi connectivity index (χ1) is 18.5. The SMILES string of the molecule is O=C1O[C@@]2(c3ccccc3)O[C@]3(c4ccccc4)O[C@@]1(C(=O)c1ccccc1)[C@]2(C(=O)c1ccccc1)O3. The van der Waals surface area contributed by atoms with E-state index in [2.05, 4.69) is 0 Å². The lowest BCUT2D eigenvalue weighted by molar-refractivity contribution is -0.372. The van der Waals surface area contributed by atoms with E-state index in [1.54, 1.807) is 121 Å². The Morgan fingerprint density at radius 3 is 1.55 bits per heavy atom. The standard InChI is InChI=1S/C31H20O7/c32-25(21-13-5-1-6-14-21)28-27(34)35-30(23-17-9-3-10-18-23)29(28,26(33)22-15-7-2-8-16-22)37-31(36-28,38-30)24-19-11-4-12-20-24/h1-20H/t28-,29+,30+,31-/m1/s1. The number of fused-ring (bicyclic) bond motifs is 1. The number of carbonyl (C=O) groups is 3. The summed E-state index contributed by atoms with van der Waals surface area (Å²) in [6.07, 6.45) is 0. The van der Waals surface area contributed by atoms with Crippen LogP contribution >= 0.6 is 0 Å². The van der Waals surface area contributed by atoms with Gasteiger partial charge in [-0.3, -0.25) is 23.8 Å². The molecule has 0 N–H and O–H groups in total. The van der Waals surface area contributed by atoms with E-state index in [-0.39, 0.29) is 11.1 Å². The van der Waals surface area contributed by atoms with Crippen LogP contribution in [0.2, 0.25) is 0 Å². The molecule has 4 aromatic carbocycles. The Kier molecular flexibility index (Phi) is 4.66. The predicted octanol–water partition coefficient (Wildman–Crippen LogP) is 4.53. The highest BCUT2D eigenvalue weighted by atomic mass is 17.0. The fraction of sp³-hybridized carbons (Fsp3) is 0.129. The van der Waals surface area contributed by atoms with Gasteiger partial charge in [0.2, 0.25) is 11.6 Å². The molecule has 3 heterocycles. The van der Waals surface area contributed by atoms with Crippen LogP contribution in [-0.2, 0) is 35.5 Å². The molecule has 0 aromatic heterocycles. The van der Waals surface area contributed by atoms with E-state index in [9.17, 15) is 14.4 Å². The smallest absolute Gasteiger partial charge is 0.353 e. The van der Waals surface area contributed by atoms with Crippen LogP contribution in [0.1, 0.15) is 31.8 Å². The summed E-state index contributed by atoms with van der Waals surface area (Å²) in [4.78, 5) is 43.1. The molecule has 3 fully saturated rings. The quantitative estimate of drug-likeness (QED) is 0.217. The average Bonchev–Trinajstić information content (AvgIpc) is 3.51. The summed E-state index contributed by atoms with van der Waals surface area (Å²) in [5.41, 5.74) is -3.78. The van der Waals surface area contributed by atoms with Crippen molar-refractivity contribution in [3.8, 4) is 0 Å². The van der Waals surface area contributed by atoms with Crippen molar-refractivity contribution in [2.45, 2.75) is 23.0 Å². The Morgan fingerprint density at radius 1 is 0.526 bits per heavy atom. The van der Waals surface area contributed by atoms with Gasteiger partial charge in [0, 0.05) is 22.3 Å². The molecule has 0 unspecified atom stereocenters. The summed E-state index contributed by atoms with van der Waals surface area (Å²) in [6, 6.07) is 33.7. The van der Waals surface area contributed by atoms with Gasteiger partial charge in [-0.25, -0.2) is 4.79 Å².